The quantitative estimate of drug-likeness (QED) is 0.706. The number of nitrogens with zero attached hydrogens (tertiary/aromatic N) is 1. The van der Waals surface area contributed by atoms with Gasteiger partial charge in [0.15, 0.2) is 0 Å². The van der Waals surface area contributed by atoms with Crippen molar-refractivity contribution in [3.63, 3.8) is 0 Å². The standard InChI is InChI=1S/C21H25N3O4S/c1-4-28-21(27)17-13(3)18(19(22)26)29-20(17)23-16(25)11-24-9-5-6-14-10-12(2)7-8-15(14)24/h7-8,10H,4-6,9,11H2,1-3H3,(H2,22,26)(H,23,25). The van der Waals surface area contributed by atoms with E-state index in [4.69, 9.17) is 10.5 Å². The zero-order valence-electron chi connectivity index (χ0n) is 16.8. The minimum atomic E-state index is -0.640. The molecule has 0 saturated carbocycles. The molecule has 154 valence electrons. The summed E-state index contributed by atoms with van der Waals surface area (Å²) in [5.41, 5.74) is 9.52. The van der Waals surface area contributed by atoms with Gasteiger partial charge in [-0.25, -0.2) is 4.79 Å². The summed E-state index contributed by atoms with van der Waals surface area (Å²) < 4.78 is 5.09. The van der Waals surface area contributed by atoms with Gasteiger partial charge in [-0.3, -0.25) is 9.59 Å². The highest BCUT2D eigenvalue weighted by Gasteiger charge is 2.26. The van der Waals surface area contributed by atoms with E-state index < -0.39 is 11.9 Å². The molecule has 2 aromatic rings. The molecular weight excluding hydrogens is 390 g/mol. The van der Waals surface area contributed by atoms with Gasteiger partial charge in [-0.05, 0) is 50.8 Å². The van der Waals surface area contributed by atoms with E-state index in [0.717, 1.165) is 36.4 Å². The summed E-state index contributed by atoms with van der Waals surface area (Å²) in [4.78, 5) is 39.1. The van der Waals surface area contributed by atoms with Crippen molar-refractivity contribution in [2.24, 2.45) is 5.73 Å². The third-order valence-electron chi connectivity index (χ3n) is 4.89. The number of benzene rings is 1. The first-order valence-corrected chi connectivity index (χ1v) is 10.4. The minimum Gasteiger partial charge on any atom is -0.462 e. The number of nitrogens with two attached hydrogens (primary N) is 1. The van der Waals surface area contributed by atoms with Crippen molar-refractivity contribution in [2.75, 3.05) is 29.9 Å². The number of fused-ring (bicyclic) bond motifs is 1. The summed E-state index contributed by atoms with van der Waals surface area (Å²) in [6.07, 6.45) is 1.97. The maximum atomic E-state index is 12.8. The molecule has 8 heteroatoms. The lowest BCUT2D eigenvalue weighted by Gasteiger charge is -2.31. The number of hydrogen-bond acceptors (Lipinski definition) is 6. The zero-order valence-corrected chi connectivity index (χ0v) is 17.6. The second-order valence-corrected chi connectivity index (χ2v) is 8.07. The van der Waals surface area contributed by atoms with Gasteiger partial charge in [0.1, 0.15) is 5.00 Å². The summed E-state index contributed by atoms with van der Waals surface area (Å²) in [6, 6.07) is 6.23. The fraction of sp³-hybridized carbons (Fsp3) is 0.381. The molecule has 0 bridgehead atoms. The third kappa shape index (κ3) is 4.42. The van der Waals surface area contributed by atoms with E-state index in [0.29, 0.717) is 10.6 Å². The average Bonchev–Trinajstić information content (AvgIpc) is 2.98. The Morgan fingerprint density at radius 2 is 2.03 bits per heavy atom. The zero-order chi connectivity index (χ0) is 21.1. The molecule has 2 heterocycles. The average molecular weight is 416 g/mol. The van der Waals surface area contributed by atoms with Crippen molar-refractivity contribution >= 4 is 39.8 Å². The van der Waals surface area contributed by atoms with Crippen molar-refractivity contribution in [3.05, 3.63) is 45.3 Å². The van der Waals surface area contributed by atoms with Gasteiger partial charge in [0, 0.05) is 12.2 Å². The molecule has 0 saturated heterocycles. The van der Waals surface area contributed by atoms with Crippen LogP contribution in [-0.2, 0) is 16.0 Å². The Labute approximate surface area is 173 Å². The number of hydrogen-bond donors (Lipinski definition) is 2. The Bertz CT molecular complexity index is 967. The molecule has 0 radical (unpaired) electrons. The van der Waals surface area contributed by atoms with Gasteiger partial charge in [0.05, 0.1) is 23.6 Å². The van der Waals surface area contributed by atoms with Crippen LogP contribution in [0.1, 0.15) is 50.1 Å². The smallest absolute Gasteiger partial charge is 0.341 e. The molecule has 0 fully saturated rings. The number of ether oxygens (including phenoxy) is 1. The number of carbonyl (C=O) groups is 3. The van der Waals surface area contributed by atoms with E-state index >= 15 is 0 Å². The van der Waals surface area contributed by atoms with Crippen LogP contribution in [0.2, 0.25) is 0 Å². The SMILES string of the molecule is CCOC(=O)c1c(NC(=O)CN2CCCc3cc(C)ccc32)sc(C(N)=O)c1C. The normalized spacial score (nSPS) is 13.0. The summed E-state index contributed by atoms with van der Waals surface area (Å²) in [6.45, 7) is 6.51. The predicted octanol–water partition coefficient (Wildman–Crippen LogP) is 3.03. The van der Waals surface area contributed by atoms with E-state index in [1.54, 1.807) is 13.8 Å². The van der Waals surface area contributed by atoms with Gasteiger partial charge in [0.2, 0.25) is 5.91 Å². The topological polar surface area (TPSA) is 102 Å². The number of carbonyl (C=O) groups excluding carboxylic acids is 3. The van der Waals surface area contributed by atoms with Crippen LogP contribution >= 0.6 is 11.3 Å². The molecule has 0 atom stereocenters. The Morgan fingerprint density at radius 1 is 1.28 bits per heavy atom. The van der Waals surface area contributed by atoms with Crippen LogP contribution in [0.25, 0.3) is 0 Å². The maximum absolute atomic E-state index is 12.8. The van der Waals surface area contributed by atoms with Crippen molar-refractivity contribution in [2.45, 2.75) is 33.6 Å². The third-order valence-corrected chi connectivity index (χ3v) is 6.11. The number of primary amides is 1. The lowest BCUT2D eigenvalue weighted by Crippen LogP contribution is -2.36. The minimum absolute atomic E-state index is 0.154. The number of anilines is 2. The second kappa shape index (κ2) is 8.65. The second-order valence-electron chi connectivity index (χ2n) is 7.05. The van der Waals surface area contributed by atoms with Gasteiger partial charge in [-0.1, -0.05) is 17.7 Å². The highest BCUT2D eigenvalue weighted by Crippen LogP contribution is 2.34. The summed E-state index contributed by atoms with van der Waals surface area (Å²) in [5, 5.41) is 3.08. The molecule has 0 spiro atoms. The molecule has 29 heavy (non-hydrogen) atoms. The summed E-state index contributed by atoms with van der Waals surface area (Å²) >= 11 is 1.00. The number of rotatable bonds is 6. The molecule has 2 amide bonds. The summed E-state index contributed by atoms with van der Waals surface area (Å²) in [7, 11) is 0. The van der Waals surface area contributed by atoms with E-state index in [2.05, 4.69) is 18.3 Å². The van der Waals surface area contributed by atoms with Gasteiger partial charge >= 0.3 is 5.97 Å². The van der Waals surface area contributed by atoms with Gasteiger partial charge < -0.3 is 20.7 Å². The number of esters is 1. The van der Waals surface area contributed by atoms with Crippen molar-refractivity contribution in [1.29, 1.82) is 0 Å². The van der Waals surface area contributed by atoms with Crippen LogP contribution in [-0.4, -0.2) is 37.5 Å². The molecule has 0 aliphatic carbocycles. The largest absolute Gasteiger partial charge is 0.462 e. The summed E-state index contributed by atoms with van der Waals surface area (Å²) in [5.74, 6) is -1.48. The molecule has 1 aromatic heterocycles. The Balaban J connectivity index is 1.82. The fourth-order valence-electron chi connectivity index (χ4n) is 3.59. The van der Waals surface area contributed by atoms with Crippen LogP contribution < -0.4 is 16.0 Å². The van der Waals surface area contributed by atoms with Crippen molar-refractivity contribution in [3.8, 4) is 0 Å². The first-order valence-electron chi connectivity index (χ1n) is 9.56. The van der Waals surface area contributed by atoms with Gasteiger partial charge in [-0.15, -0.1) is 11.3 Å². The Kier molecular flexibility index (Phi) is 6.22. The Morgan fingerprint density at radius 3 is 2.72 bits per heavy atom. The molecule has 1 aliphatic rings. The molecule has 1 aromatic carbocycles. The molecule has 7 nitrogen and oxygen atoms in total. The highest BCUT2D eigenvalue weighted by atomic mass is 32.1. The predicted molar refractivity (Wildman–Crippen MR) is 114 cm³/mol. The molecule has 0 unspecified atom stereocenters. The number of nitrogens with one attached hydrogen (secondary N) is 1. The van der Waals surface area contributed by atoms with Crippen molar-refractivity contribution < 1.29 is 19.1 Å². The monoisotopic (exact) mass is 415 g/mol. The highest BCUT2D eigenvalue weighted by molar-refractivity contribution is 7.18. The van der Waals surface area contributed by atoms with E-state index in [-0.39, 0.29) is 29.5 Å². The van der Waals surface area contributed by atoms with Gasteiger partial charge in [0.25, 0.3) is 5.91 Å². The van der Waals surface area contributed by atoms with Crippen molar-refractivity contribution in [1.82, 2.24) is 0 Å². The van der Waals surface area contributed by atoms with Gasteiger partial charge in [-0.2, -0.15) is 0 Å². The Hall–Kier alpha value is -2.87. The van der Waals surface area contributed by atoms with Crippen LogP contribution in [0.15, 0.2) is 18.2 Å². The molecule has 1 aliphatic heterocycles. The first kappa shape index (κ1) is 20.9. The van der Waals surface area contributed by atoms with Crippen LogP contribution in [0.5, 0.6) is 0 Å². The van der Waals surface area contributed by atoms with Crippen LogP contribution in [0.3, 0.4) is 0 Å². The fourth-order valence-corrected chi connectivity index (χ4v) is 4.66. The van der Waals surface area contributed by atoms with Crippen LogP contribution in [0.4, 0.5) is 10.7 Å². The van der Waals surface area contributed by atoms with E-state index in [9.17, 15) is 14.4 Å². The number of amides is 2. The number of thiophene rings is 1. The molecular formula is C21H25N3O4S. The molecule has 3 rings (SSSR count). The van der Waals surface area contributed by atoms with Crippen LogP contribution in [0, 0.1) is 13.8 Å². The lowest BCUT2D eigenvalue weighted by atomic mass is 9.99. The van der Waals surface area contributed by atoms with E-state index in [1.165, 1.54) is 11.1 Å². The first-order chi connectivity index (χ1) is 13.8. The van der Waals surface area contributed by atoms with E-state index in [1.807, 2.05) is 17.0 Å². The maximum Gasteiger partial charge on any atom is 0.341 e. The lowest BCUT2D eigenvalue weighted by molar-refractivity contribution is -0.115. The number of aryl methyl sites for hydroxylation is 2. The molecule has 3 N–H and O–H groups in total.